The largest absolute Gasteiger partial charge is 0.369 e. The number of carbonyl (C=O) groups excluding carboxylic acids is 2. The highest BCUT2D eigenvalue weighted by Crippen LogP contribution is 2.42. The van der Waals surface area contributed by atoms with Crippen molar-refractivity contribution in [3.63, 3.8) is 0 Å². The fraction of sp³-hybridized carbons (Fsp3) is 0.667. The summed E-state index contributed by atoms with van der Waals surface area (Å²) in [4.78, 5) is 44.8. The van der Waals surface area contributed by atoms with E-state index in [1.165, 1.54) is 18.9 Å². The van der Waals surface area contributed by atoms with Crippen LogP contribution in [-0.4, -0.2) is 45.8 Å². The molecule has 2 atom stereocenters. The predicted octanol–water partition coefficient (Wildman–Crippen LogP) is 0.0479. The Bertz CT molecular complexity index is 768. The Kier molecular flexibility index (Phi) is 4.42. The predicted molar refractivity (Wildman–Crippen MR) is 95.0 cm³/mol. The van der Waals surface area contributed by atoms with E-state index in [9.17, 15) is 14.4 Å². The molecule has 8 heteroatoms. The molecule has 26 heavy (non-hydrogen) atoms. The van der Waals surface area contributed by atoms with Crippen molar-refractivity contribution < 1.29 is 9.59 Å². The van der Waals surface area contributed by atoms with Crippen molar-refractivity contribution >= 4 is 17.8 Å². The van der Waals surface area contributed by atoms with Crippen molar-refractivity contribution in [3.8, 4) is 0 Å². The molecule has 1 aromatic rings. The van der Waals surface area contributed by atoms with Crippen molar-refractivity contribution in [1.29, 1.82) is 0 Å². The Labute approximate surface area is 151 Å². The number of anilines is 1. The minimum absolute atomic E-state index is 0.00861. The van der Waals surface area contributed by atoms with E-state index in [1.54, 1.807) is 0 Å². The van der Waals surface area contributed by atoms with Crippen molar-refractivity contribution in [2.24, 2.45) is 17.8 Å². The standard InChI is InChI=1S/C18H25N5O3/c19-18-20-12(7-16(25)22-18)6-15(24)21-14-9-23(8-13(14)10-4-5-10)17(26)11-2-1-3-11/h7,10-11,13-14H,1-6,8-9H2,(H,21,24)(H3,19,20,22,25)/t13-,14+/m1/s1. The van der Waals surface area contributed by atoms with Crippen LogP contribution in [0.1, 0.15) is 37.8 Å². The summed E-state index contributed by atoms with van der Waals surface area (Å²) in [6, 6.07) is 1.27. The second-order valence-corrected chi connectivity index (χ2v) is 7.85. The van der Waals surface area contributed by atoms with Crippen LogP contribution in [0.15, 0.2) is 10.9 Å². The number of hydrogen-bond donors (Lipinski definition) is 3. The number of H-pyrrole nitrogens is 1. The molecular formula is C18H25N5O3. The molecule has 140 valence electrons. The summed E-state index contributed by atoms with van der Waals surface area (Å²) in [6.07, 6.45) is 5.50. The number of carbonyl (C=O) groups is 2. The molecule has 1 saturated heterocycles. The van der Waals surface area contributed by atoms with Crippen LogP contribution in [0.3, 0.4) is 0 Å². The Morgan fingerprint density at radius 2 is 2.04 bits per heavy atom. The van der Waals surface area contributed by atoms with Gasteiger partial charge in [0, 0.05) is 31.0 Å². The van der Waals surface area contributed by atoms with Gasteiger partial charge < -0.3 is 16.0 Å². The summed E-state index contributed by atoms with van der Waals surface area (Å²) in [6.45, 7) is 1.34. The van der Waals surface area contributed by atoms with Gasteiger partial charge in [-0.15, -0.1) is 0 Å². The zero-order valence-electron chi connectivity index (χ0n) is 14.7. The highest BCUT2D eigenvalue weighted by atomic mass is 16.2. The molecule has 3 aliphatic rings. The van der Waals surface area contributed by atoms with Gasteiger partial charge in [0.1, 0.15) is 0 Å². The Balaban J connectivity index is 1.39. The molecule has 2 amide bonds. The van der Waals surface area contributed by atoms with Crippen LogP contribution >= 0.6 is 0 Å². The number of amides is 2. The normalized spacial score (nSPS) is 25.8. The first-order chi connectivity index (χ1) is 12.5. The molecule has 0 unspecified atom stereocenters. The van der Waals surface area contributed by atoms with Crippen LogP contribution in [0, 0.1) is 17.8 Å². The molecule has 1 aliphatic heterocycles. The molecule has 0 radical (unpaired) electrons. The summed E-state index contributed by atoms with van der Waals surface area (Å²) in [5, 5.41) is 3.07. The minimum atomic E-state index is -0.366. The van der Waals surface area contributed by atoms with Gasteiger partial charge in [-0.3, -0.25) is 19.4 Å². The van der Waals surface area contributed by atoms with Gasteiger partial charge in [-0.1, -0.05) is 6.42 Å². The number of nitrogens with two attached hydrogens (primary N) is 1. The van der Waals surface area contributed by atoms with E-state index in [0.717, 1.165) is 25.8 Å². The van der Waals surface area contributed by atoms with Crippen molar-refractivity contribution in [2.45, 2.75) is 44.6 Å². The smallest absolute Gasteiger partial charge is 0.252 e. The molecule has 1 aromatic heterocycles. The summed E-state index contributed by atoms with van der Waals surface area (Å²) in [5.74, 6) is 1.20. The lowest BCUT2D eigenvalue weighted by atomic mass is 9.84. The Hall–Kier alpha value is -2.38. The van der Waals surface area contributed by atoms with E-state index in [1.807, 2.05) is 4.90 Å². The quantitative estimate of drug-likeness (QED) is 0.686. The maximum absolute atomic E-state index is 12.6. The third-order valence-corrected chi connectivity index (χ3v) is 5.86. The third kappa shape index (κ3) is 3.59. The zero-order chi connectivity index (χ0) is 18.3. The molecule has 2 aliphatic carbocycles. The summed E-state index contributed by atoms with van der Waals surface area (Å²) >= 11 is 0. The van der Waals surface area contributed by atoms with Gasteiger partial charge in [0.15, 0.2) is 0 Å². The van der Waals surface area contributed by atoms with Crippen molar-refractivity contribution in [3.05, 3.63) is 22.1 Å². The SMILES string of the molecule is Nc1nc(CC(=O)N[C@H]2CN(C(=O)C3CCC3)C[C@@H]2C2CC2)cc(=O)[nH]1. The summed E-state index contributed by atoms with van der Waals surface area (Å²) in [7, 11) is 0. The molecule has 0 aromatic carbocycles. The van der Waals surface area contributed by atoms with Crippen LogP contribution in [-0.2, 0) is 16.0 Å². The van der Waals surface area contributed by atoms with Gasteiger partial charge in [-0.25, -0.2) is 4.98 Å². The summed E-state index contributed by atoms with van der Waals surface area (Å²) in [5.41, 5.74) is 5.51. The number of nitrogens with one attached hydrogen (secondary N) is 2. The van der Waals surface area contributed by atoms with Gasteiger partial charge in [0.25, 0.3) is 5.56 Å². The fourth-order valence-corrected chi connectivity index (χ4v) is 4.12. The first kappa shape index (κ1) is 17.1. The topological polar surface area (TPSA) is 121 Å². The van der Waals surface area contributed by atoms with Gasteiger partial charge in [0.2, 0.25) is 17.8 Å². The number of aromatic nitrogens is 2. The zero-order valence-corrected chi connectivity index (χ0v) is 14.7. The molecule has 8 nitrogen and oxygen atoms in total. The maximum atomic E-state index is 12.6. The molecule has 0 bridgehead atoms. The number of rotatable bonds is 5. The lowest BCUT2D eigenvalue weighted by molar-refractivity contribution is -0.137. The molecule has 4 rings (SSSR count). The lowest BCUT2D eigenvalue weighted by Gasteiger charge is -2.29. The monoisotopic (exact) mass is 359 g/mol. The highest BCUT2D eigenvalue weighted by Gasteiger charge is 2.45. The van der Waals surface area contributed by atoms with E-state index in [4.69, 9.17) is 5.73 Å². The first-order valence-corrected chi connectivity index (χ1v) is 9.43. The number of hydrogen-bond acceptors (Lipinski definition) is 5. The number of nitrogens with zero attached hydrogens (tertiary/aromatic N) is 2. The van der Waals surface area contributed by atoms with Crippen molar-refractivity contribution in [2.75, 3.05) is 18.8 Å². The van der Waals surface area contributed by atoms with E-state index in [0.29, 0.717) is 24.1 Å². The van der Waals surface area contributed by atoms with Gasteiger partial charge in [-0.05, 0) is 31.6 Å². The second kappa shape index (κ2) is 6.74. The Morgan fingerprint density at radius 1 is 1.27 bits per heavy atom. The van der Waals surface area contributed by atoms with E-state index >= 15 is 0 Å². The van der Waals surface area contributed by atoms with Crippen LogP contribution in [0.5, 0.6) is 0 Å². The van der Waals surface area contributed by atoms with Gasteiger partial charge in [-0.2, -0.15) is 0 Å². The van der Waals surface area contributed by atoms with Crippen LogP contribution in [0.25, 0.3) is 0 Å². The number of likely N-dealkylation sites (tertiary alicyclic amines) is 1. The third-order valence-electron chi connectivity index (χ3n) is 5.86. The molecule has 3 fully saturated rings. The van der Waals surface area contributed by atoms with Crippen LogP contribution < -0.4 is 16.6 Å². The number of aromatic amines is 1. The first-order valence-electron chi connectivity index (χ1n) is 9.43. The molecular weight excluding hydrogens is 334 g/mol. The van der Waals surface area contributed by atoms with Crippen LogP contribution in [0.4, 0.5) is 5.95 Å². The Morgan fingerprint density at radius 3 is 2.65 bits per heavy atom. The fourth-order valence-electron chi connectivity index (χ4n) is 4.12. The van der Waals surface area contributed by atoms with Gasteiger partial charge >= 0.3 is 0 Å². The van der Waals surface area contributed by atoms with Crippen molar-refractivity contribution in [1.82, 2.24) is 20.2 Å². The summed E-state index contributed by atoms with van der Waals surface area (Å²) < 4.78 is 0. The van der Waals surface area contributed by atoms with Crippen LogP contribution in [0.2, 0.25) is 0 Å². The van der Waals surface area contributed by atoms with E-state index in [2.05, 4.69) is 15.3 Å². The lowest BCUT2D eigenvalue weighted by Crippen LogP contribution is -2.43. The highest BCUT2D eigenvalue weighted by molar-refractivity contribution is 5.81. The molecule has 2 heterocycles. The minimum Gasteiger partial charge on any atom is -0.369 e. The van der Waals surface area contributed by atoms with Gasteiger partial charge in [0.05, 0.1) is 18.2 Å². The molecule has 0 spiro atoms. The average Bonchev–Trinajstić information content (AvgIpc) is 3.25. The molecule has 2 saturated carbocycles. The average molecular weight is 359 g/mol. The van der Waals surface area contributed by atoms with E-state index < -0.39 is 0 Å². The maximum Gasteiger partial charge on any atom is 0.252 e. The molecule has 4 N–H and O–H groups in total. The van der Waals surface area contributed by atoms with E-state index in [-0.39, 0.29) is 41.7 Å². The second-order valence-electron chi connectivity index (χ2n) is 7.85. The number of nitrogen functional groups attached to an aromatic ring is 1.